The van der Waals surface area contributed by atoms with Crippen LogP contribution >= 0.6 is 0 Å². The Morgan fingerprint density at radius 3 is 1.95 bits per heavy atom. The van der Waals surface area contributed by atoms with E-state index in [0.717, 1.165) is 12.1 Å². The lowest BCUT2D eigenvalue weighted by Crippen LogP contribution is -2.22. The van der Waals surface area contributed by atoms with E-state index in [1.807, 2.05) is 0 Å². The number of ketones is 1. The molecule has 0 atom stereocenters. The first-order chi connectivity index (χ1) is 8.85. The molecule has 0 aliphatic heterocycles. The maximum absolute atomic E-state index is 12.4. The van der Waals surface area contributed by atoms with Crippen LogP contribution in [0.4, 0.5) is 13.2 Å². The smallest absolute Gasteiger partial charge is 0.454 e. The Morgan fingerprint density at radius 1 is 1.16 bits per heavy atom. The molecule has 1 aromatic rings. The van der Waals surface area contributed by atoms with Crippen molar-refractivity contribution in [3.8, 4) is 17.2 Å². The Kier molecular flexibility index (Phi) is 4.63. The van der Waals surface area contributed by atoms with Crippen LogP contribution in [0.15, 0.2) is 12.1 Å². The molecule has 0 saturated carbocycles. The van der Waals surface area contributed by atoms with Gasteiger partial charge in [0.2, 0.25) is 5.75 Å². The fourth-order valence-corrected chi connectivity index (χ4v) is 1.46. The molecule has 1 aromatic carbocycles. The summed E-state index contributed by atoms with van der Waals surface area (Å²) in [5.41, 5.74) is -0.565. The Morgan fingerprint density at radius 2 is 1.63 bits per heavy atom. The molecule has 0 radical (unpaired) electrons. The highest BCUT2D eigenvalue weighted by atomic mass is 19.4. The maximum atomic E-state index is 12.4. The highest BCUT2D eigenvalue weighted by molar-refractivity contribution is 6.01. The van der Waals surface area contributed by atoms with Gasteiger partial charge in [0.15, 0.2) is 11.5 Å². The molecule has 0 fully saturated rings. The van der Waals surface area contributed by atoms with Crippen molar-refractivity contribution in [3.05, 3.63) is 17.7 Å². The van der Waals surface area contributed by atoms with Crippen molar-refractivity contribution in [2.75, 3.05) is 20.8 Å². The van der Waals surface area contributed by atoms with E-state index in [0.29, 0.717) is 0 Å². The SMILES string of the molecule is CCOc1c(OC)cc(C(=O)C(F)(F)F)cc1OC. The molecule has 0 amide bonds. The summed E-state index contributed by atoms with van der Waals surface area (Å²) < 4.78 is 52.2. The lowest BCUT2D eigenvalue weighted by Gasteiger charge is -2.15. The summed E-state index contributed by atoms with van der Waals surface area (Å²) in [6.45, 7) is 1.98. The minimum absolute atomic E-state index is 0.00815. The average Bonchev–Trinajstić information content (AvgIpc) is 2.37. The van der Waals surface area contributed by atoms with Gasteiger partial charge in [-0.1, -0.05) is 0 Å². The van der Waals surface area contributed by atoms with E-state index in [1.54, 1.807) is 6.92 Å². The minimum Gasteiger partial charge on any atom is -0.493 e. The number of ether oxygens (including phenoxy) is 3. The number of alkyl halides is 3. The monoisotopic (exact) mass is 278 g/mol. The summed E-state index contributed by atoms with van der Waals surface area (Å²) in [6, 6.07) is 1.95. The van der Waals surface area contributed by atoms with Gasteiger partial charge in [-0.15, -0.1) is 0 Å². The number of rotatable bonds is 5. The van der Waals surface area contributed by atoms with Crippen LogP contribution in [0, 0.1) is 0 Å². The van der Waals surface area contributed by atoms with Gasteiger partial charge in [0.1, 0.15) is 0 Å². The third-order valence-corrected chi connectivity index (χ3v) is 2.27. The molecule has 0 heterocycles. The molecule has 0 aromatic heterocycles. The minimum atomic E-state index is -4.96. The Bertz CT molecular complexity index is 444. The molecule has 19 heavy (non-hydrogen) atoms. The summed E-state index contributed by atoms with van der Waals surface area (Å²) in [7, 11) is 2.53. The molecule has 106 valence electrons. The van der Waals surface area contributed by atoms with Crippen molar-refractivity contribution in [3.63, 3.8) is 0 Å². The van der Waals surface area contributed by atoms with Gasteiger partial charge in [-0.25, -0.2) is 0 Å². The summed E-state index contributed by atoms with van der Waals surface area (Å²) >= 11 is 0. The third-order valence-electron chi connectivity index (χ3n) is 2.27. The summed E-state index contributed by atoms with van der Waals surface area (Å²) in [5, 5.41) is 0. The van der Waals surface area contributed by atoms with Crippen molar-refractivity contribution in [2.45, 2.75) is 13.1 Å². The molecule has 0 N–H and O–H groups in total. The topological polar surface area (TPSA) is 44.8 Å². The van der Waals surface area contributed by atoms with E-state index in [-0.39, 0.29) is 23.9 Å². The van der Waals surface area contributed by atoms with Gasteiger partial charge in [0.25, 0.3) is 5.78 Å². The van der Waals surface area contributed by atoms with Gasteiger partial charge < -0.3 is 14.2 Å². The van der Waals surface area contributed by atoms with E-state index in [4.69, 9.17) is 14.2 Å². The van der Waals surface area contributed by atoms with Crippen molar-refractivity contribution >= 4 is 5.78 Å². The van der Waals surface area contributed by atoms with E-state index in [2.05, 4.69) is 0 Å². The Balaban J connectivity index is 3.35. The summed E-state index contributed by atoms with van der Waals surface area (Å²) in [5.74, 6) is -1.79. The first-order valence-electron chi connectivity index (χ1n) is 5.35. The molecule has 1 rings (SSSR count). The third kappa shape index (κ3) is 3.30. The number of carbonyl (C=O) groups is 1. The lowest BCUT2D eigenvalue weighted by molar-refractivity contribution is -0.0885. The normalized spacial score (nSPS) is 11.1. The Hall–Kier alpha value is -1.92. The molecule has 0 unspecified atom stereocenters. The number of hydrogen-bond acceptors (Lipinski definition) is 4. The quantitative estimate of drug-likeness (QED) is 0.777. The second kappa shape index (κ2) is 5.81. The van der Waals surface area contributed by atoms with E-state index < -0.39 is 17.5 Å². The second-order valence-corrected chi connectivity index (χ2v) is 3.47. The fourth-order valence-electron chi connectivity index (χ4n) is 1.46. The van der Waals surface area contributed by atoms with Crippen LogP contribution in [0.2, 0.25) is 0 Å². The van der Waals surface area contributed by atoms with Gasteiger partial charge in [0.05, 0.1) is 20.8 Å². The van der Waals surface area contributed by atoms with Crippen LogP contribution in [0.3, 0.4) is 0 Å². The molecule has 0 saturated heterocycles. The molecule has 0 bridgehead atoms. The van der Waals surface area contributed by atoms with E-state index >= 15 is 0 Å². The van der Waals surface area contributed by atoms with Crippen LogP contribution < -0.4 is 14.2 Å². The number of carbonyl (C=O) groups excluding carboxylic acids is 1. The lowest BCUT2D eigenvalue weighted by atomic mass is 10.1. The number of Topliss-reactive ketones (excluding diaryl/α,β-unsaturated/α-hetero) is 1. The molecule has 4 nitrogen and oxygen atoms in total. The predicted octanol–water partition coefficient (Wildman–Crippen LogP) is 2.85. The molecule has 0 spiro atoms. The van der Waals surface area contributed by atoms with Crippen LogP contribution in [-0.2, 0) is 0 Å². The summed E-state index contributed by atoms with van der Waals surface area (Å²) in [6.07, 6.45) is -4.96. The molecular formula is C12H13F3O4. The number of hydrogen-bond donors (Lipinski definition) is 0. The van der Waals surface area contributed by atoms with Crippen molar-refractivity contribution in [1.29, 1.82) is 0 Å². The van der Waals surface area contributed by atoms with E-state index in [9.17, 15) is 18.0 Å². The van der Waals surface area contributed by atoms with Gasteiger partial charge in [0, 0.05) is 5.56 Å². The van der Waals surface area contributed by atoms with Gasteiger partial charge in [-0.3, -0.25) is 4.79 Å². The number of methoxy groups -OCH3 is 2. The predicted molar refractivity (Wildman–Crippen MR) is 61.1 cm³/mol. The van der Waals surface area contributed by atoms with Gasteiger partial charge >= 0.3 is 6.18 Å². The first kappa shape index (κ1) is 15.1. The average molecular weight is 278 g/mol. The number of benzene rings is 1. The van der Waals surface area contributed by atoms with Gasteiger partial charge in [-0.05, 0) is 19.1 Å². The van der Waals surface area contributed by atoms with E-state index in [1.165, 1.54) is 14.2 Å². The van der Waals surface area contributed by atoms with Crippen LogP contribution in [-0.4, -0.2) is 32.8 Å². The molecule has 0 aliphatic rings. The van der Waals surface area contributed by atoms with Crippen LogP contribution in [0.1, 0.15) is 17.3 Å². The largest absolute Gasteiger partial charge is 0.493 e. The zero-order valence-electron chi connectivity index (χ0n) is 10.6. The zero-order chi connectivity index (χ0) is 14.6. The van der Waals surface area contributed by atoms with Crippen molar-refractivity contribution < 1.29 is 32.2 Å². The first-order valence-corrected chi connectivity index (χ1v) is 5.35. The fraction of sp³-hybridized carbons (Fsp3) is 0.417. The Labute approximate surface area is 108 Å². The molecular weight excluding hydrogens is 265 g/mol. The second-order valence-electron chi connectivity index (χ2n) is 3.47. The molecule has 7 heteroatoms. The summed E-state index contributed by atoms with van der Waals surface area (Å²) in [4.78, 5) is 11.2. The highest BCUT2D eigenvalue weighted by Crippen LogP contribution is 2.39. The maximum Gasteiger partial charge on any atom is 0.454 e. The molecule has 0 aliphatic carbocycles. The highest BCUT2D eigenvalue weighted by Gasteiger charge is 2.40. The van der Waals surface area contributed by atoms with Gasteiger partial charge in [-0.2, -0.15) is 13.2 Å². The standard InChI is InChI=1S/C12H13F3O4/c1-4-19-10-8(17-2)5-7(6-9(10)18-3)11(16)12(13,14)15/h5-6H,4H2,1-3H3. The number of halogens is 3. The van der Waals surface area contributed by atoms with Crippen molar-refractivity contribution in [2.24, 2.45) is 0 Å². The van der Waals surface area contributed by atoms with Crippen LogP contribution in [0.5, 0.6) is 17.2 Å². The zero-order valence-corrected chi connectivity index (χ0v) is 10.6. The van der Waals surface area contributed by atoms with Crippen molar-refractivity contribution in [1.82, 2.24) is 0 Å². The van der Waals surface area contributed by atoms with Crippen LogP contribution in [0.25, 0.3) is 0 Å².